The van der Waals surface area contributed by atoms with Gasteiger partial charge in [0.25, 0.3) is 6.01 Å². The molecule has 2 aromatic heterocycles. The molecule has 78 valence electrons. The molecule has 0 amide bonds. The topological polar surface area (TPSA) is 75.4 Å². The Bertz CT molecular complexity index is 450. The molecule has 0 fully saturated rings. The third-order valence-corrected chi connectivity index (χ3v) is 2.59. The smallest absolute Gasteiger partial charge is 0.357 e. The van der Waals surface area contributed by atoms with Crippen LogP contribution < -0.4 is 5.32 Å². The largest absolute Gasteiger partial charge is 0.476 e. The van der Waals surface area contributed by atoms with Crippen LogP contribution in [-0.2, 0) is 6.54 Å². The Hall–Kier alpha value is -1.82. The first-order valence-corrected chi connectivity index (χ1v) is 5.09. The number of nitrogens with one attached hydrogen (secondary N) is 1. The van der Waals surface area contributed by atoms with Crippen molar-refractivity contribution in [3.63, 3.8) is 0 Å². The Labute approximate surface area is 89.4 Å². The van der Waals surface area contributed by atoms with Gasteiger partial charge in [0.05, 0.1) is 6.54 Å². The minimum absolute atomic E-state index is 0.0938. The summed E-state index contributed by atoms with van der Waals surface area (Å²) in [6.07, 6.45) is 1.11. The predicted octanol–water partition coefficient (Wildman–Crippen LogP) is 2.05. The Morgan fingerprint density at radius 3 is 3.13 bits per heavy atom. The van der Waals surface area contributed by atoms with Crippen LogP contribution in [-0.4, -0.2) is 16.1 Å². The Morgan fingerprint density at radius 2 is 2.53 bits per heavy atom. The van der Waals surface area contributed by atoms with Gasteiger partial charge < -0.3 is 14.8 Å². The lowest BCUT2D eigenvalue weighted by molar-refractivity contribution is 0.0690. The Morgan fingerprint density at radius 1 is 1.67 bits per heavy atom. The fourth-order valence-corrected chi connectivity index (χ4v) is 1.67. The zero-order valence-electron chi connectivity index (χ0n) is 7.64. The summed E-state index contributed by atoms with van der Waals surface area (Å²) in [7, 11) is 0. The third-order valence-electron chi connectivity index (χ3n) is 1.72. The fraction of sp³-hybridized carbons (Fsp3) is 0.111. The molecule has 2 aromatic rings. The molecule has 5 nitrogen and oxygen atoms in total. The van der Waals surface area contributed by atoms with Crippen molar-refractivity contribution in [1.82, 2.24) is 4.98 Å². The number of nitrogens with zero attached hydrogens (tertiary/aromatic N) is 1. The molecule has 0 saturated heterocycles. The number of hydrogen-bond acceptors (Lipinski definition) is 5. The van der Waals surface area contributed by atoms with Crippen molar-refractivity contribution in [1.29, 1.82) is 0 Å². The number of oxazole rings is 1. The summed E-state index contributed by atoms with van der Waals surface area (Å²) in [5, 5.41) is 13.5. The molecule has 0 atom stereocenters. The van der Waals surface area contributed by atoms with E-state index in [1.807, 2.05) is 17.5 Å². The van der Waals surface area contributed by atoms with Gasteiger partial charge in [-0.05, 0) is 11.4 Å². The first-order chi connectivity index (χ1) is 7.25. The maximum absolute atomic E-state index is 10.5. The van der Waals surface area contributed by atoms with E-state index in [2.05, 4.69) is 10.3 Å². The van der Waals surface area contributed by atoms with E-state index in [9.17, 15) is 4.79 Å². The summed E-state index contributed by atoms with van der Waals surface area (Å²) in [5.41, 5.74) is -0.0938. The van der Waals surface area contributed by atoms with E-state index in [-0.39, 0.29) is 11.7 Å². The average Bonchev–Trinajstić information content (AvgIpc) is 2.86. The summed E-state index contributed by atoms with van der Waals surface area (Å²) < 4.78 is 4.93. The molecule has 0 aliphatic heterocycles. The minimum atomic E-state index is -1.09. The number of aromatic carboxylic acids is 1. The van der Waals surface area contributed by atoms with Crippen molar-refractivity contribution in [3.8, 4) is 0 Å². The van der Waals surface area contributed by atoms with Gasteiger partial charge in [0.1, 0.15) is 6.26 Å². The summed E-state index contributed by atoms with van der Waals surface area (Å²) in [6.45, 7) is 0.581. The molecule has 15 heavy (non-hydrogen) atoms. The number of carbonyl (C=O) groups is 1. The predicted molar refractivity (Wildman–Crippen MR) is 55.1 cm³/mol. The molecule has 2 N–H and O–H groups in total. The zero-order valence-corrected chi connectivity index (χ0v) is 8.45. The van der Waals surface area contributed by atoms with E-state index in [4.69, 9.17) is 9.52 Å². The lowest BCUT2D eigenvalue weighted by Gasteiger charge is -1.96. The van der Waals surface area contributed by atoms with Crippen molar-refractivity contribution >= 4 is 23.3 Å². The fourth-order valence-electron chi connectivity index (χ4n) is 1.03. The Balaban J connectivity index is 1.96. The van der Waals surface area contributed by atoms with Crippen molar-refractivity contribution in [2.45, 2.75) is 6.54 Å². The van der Waals surface area contributed by atoms with Crippen LogP contribution in [0.5, 0.6) is 0 Å². The zero-order chi connectivity index (χ0) is 10.7. The maximum atomic E-state index is 10.5. The van der Waals surface area contributed by atoms with Crippen LogP contribution in [0, 0.1) is 0 Å². The second-order valence-electron chi connectivity index (χ2n) is 2.78. The molecule has 0 bridgehead atoms. The van der Waals surface area contributed by atoms with Crippen molar-refractivity contribution in [2.24, 2.45) is 0 Å². The average molecular weight is 224 g/mol. The number of carboxylic acids is 1. The maximum Gasteiger partial charge on any atom is 0.357 e. The number of thiophene rings is 1. The van der Waals surface area contributed by atoms with Crippen molar-refractivity contribution in [3.05, 3.63) is 34.3 Å². The van der Waals surface area contributed by atoms with E-state index in [0.29, 0.717) is 6.54 Å². The summed E-state index contributed by atoms with van der Waals surface area (Å²) in [6, 6.07) is 4.14. The number of carboxylic acid groups (broad SMARTS) is 1. The van der Waals surface area contributed by atoms with Gasteiger partial charge in [-0.1, -0.05) is 6.07 Å². The van der Waals surface area contributed by atoms with Crippen LogP contribution in [0.4, 0.5) is 6.01 Å². The molecular formula is C9H8N2O3S. The molecule has 2 heterocycles. The molecule has 0 aromatic carbocycles. The molecule has 0 aliphatic carbocycles. The minimum Gasteiger partial charge on any atom is -0.476 e. The van der Waals surface area contributed by atoms with Gasteiger partial charge in [0, 0.05) is 4.88 Å². The van der Waals surface area contributed by atoms with Crippen LogP contribution in [0.3, 0.4) is 0 Å². The normalized spacial score (nSPS) is 10.1. The summed E-state index contributed by atoms with van der Waals surface area (Å²) >= 11 is 1.61. The Kier molecular flexibility index (Phi) is 2.68. The molecule has 0 aliphatic rings. The summed E-state index contributed by atoms with van der Waals surface area (Å²) in [4.78, 5) is 15.4. The highest BCUT2D eigenvalue weighted by molar-refractivity contribution is 7.09. The van der Waals surface area contributed by atoms with Gasteiger partial charge in [-0.15, -0.1) is 11.3 Å². The van der Waals surface area contributed by atoms with Gasteiger partial charge in [0.15, 0.2) is 5.69 Å². The van der Waals surface area contributed by atoms with E-state index in [1.54, 1.807) is 11.3 Å². The van der Waals surface area contributed by atoms with E-state index in [0.717, 1.165) is 11.1 Å². The number of rotatable bonds is 4. The van der Waals surface area contributed by atoms with Crippen molar-refractivity contribution < 1.29 is 14.3 Å². The van der Waals surface area contributed by atoms with E-state index >= 15 is 0 Å². The van der Waals surface area contributed by atoms with E-state index in [1.165, 1.54) is 0 Å². The molecule has 0 spiro atoms. The first kappa shape index (κ1) is 9.72. The van der Waals surface area contributed by atoms with E-state index < -0.39 is 5.97 Å². The van der Waals surface area contributed by atoms with Crippen LogP contribution in [0.25, 0.3) is 0 Å². The summed E-state index contributed by atoms with van der Waals surface area (Å²) in [5.74, 6) is -1.09. The molecular weight excluding hydrogens is 216 g/mol. The molecule has 0 radical (unpaired) electrons. The van der Waals surface area contributed by atoms with Gasteiger partial charge in [-0.2, -0.15) is 4.98 Å². The molecule has 6 heteroatoms. The lowest BCUT2D eigenvalue weighted by atomic mass is 10.5. The number of hydrogen-bond donors (Lipinski definition) is 2. The molecule has 2 rings (SSSR count). The number of anilines is 1. The molecule has 0 saturated carbocycles. The van der Waals surface area contributed by atoms with Crippen molar-refractivity contribution in [2.75, 3.05) is 5.32 Å². The van der Waals surface area contributed by atoms with Gasteiger partial charge in [-0.3, -0.25) is 0 Å². The monoisotopic (exact) mass is 224 g/mol. The second-order valence-corrected chi connectivity index (χ2v) is 3.81. The highest BCUT2D eigenvalue weighted by atomic mass is 32.1. The highest BCUT2D eigenvalue weighted by Gasteiger charge is 2.09. The van der Waals surface area contributed by atoms with Gasteiger partial charge in [0.2, 0.25) is 0 Å². The SMILES string of the molecule is O=C(O)c1coc(NCc2cccs2)n1. The van der Waals surface area contributed by atoms with Crippen LogP contribution in [0.2, 0.25) is 0 Å². The standard InChI is InChI=1S/C9H8N2O3S/c12-8(13)7-5-14-9(11-7)10-4-6-2-1-3-15-6/h1-3,5H,4H2,(H,10,11)(H,12,13). The van der Waals surface area contributed by atoms with Gasteiger partial charge >= 0.3 is 5.97 Å². The quantitative estimate of drug-likeness (QED) is 0.831. The molecule has 0 unspecified atom stereocenters. The third kappa shape index (κ3) is 2.35. The van der Waals surface area contributed by atoms with Crippen LogP contribution in [0.15, 0.2) is 28.2 Å². The van der Waals surface area contributed by atoms with Crippen LogP contribution >= 0.6 is 11.3 Å². The highest BCUT2D eigenvalue weighted by Crippen LogP contribution is 2.12. The first-order valence-electron chi connectivity index (χ1n) is 4.21. The van der Waals surface area contributed by atoms with Crippen LogP contribution in [0.1, 0.15) is 15.4 Å². The second kappa shape index (κ2) is 4.14. The van der Waals surface area contributed by atoms with Gasteiger partial charge in [-0.25, -0.2) is 4.79 Å². The number of aromatic nitrogens is 1. The lowest BCUT2D eigenvalue weighted by Crippen LogP contribution is -2.00.